The summed E-state index contributed by atoms with van der Waals surface area (Å²) in [5, 5.41) is 7.46. The molecule has 0 saturated heterocycles. The molecule has 2 aromatic heterocycles. The van der Waals surface area contributed by atoms with E-state index in [-0.39, 0.29) is 0 Å². The lowest BCUT2D eigenvalue weighted by molar-refractivity contribution is 1.18. The zero-order valence-corrected chi connectivity index (χ0v) is 31.7. The second-order valence-electron chi connectivity index (χ2n) is 14.6. The molecule has 0 atom stereocenters. The van der Waals surface area contributed by atoms with Gasteiger partial charge in [0.2, 0.25) is 0 Å². The summed E-state index contributed by atoms with van der Waals surface area (Å²) in [6.07, 6.45) is 0. The first-order valence-electron chi connectivity index (χ1n) is 19.3. The van der Waals surface area contributed by atoms with Gasteiger partial charge in [-0.15, -0.1) is 11.3 Å². The molecule has 0 bridgehead atoms. The lowest BCUT2D eigenvalue weighted by atomic mass is 9.92. The summed E-state index contributed by atoms with van der Waals surface area (Å²) in [6.45, 7) is 0. The molecule has 0 aliphatic rings. The van der Waals surface area contributed by atoms with E-state index in [0.29, 0.717) is 5.82 Å². The maximum Gasteiger partial charge on any atom is 0.160 e. The van der Waals surface area contributed by atoms with E-state index in [1.807, 2.05) is 17.4 Å². The van der Waals surface area contributed by atoms with Gasteiger partial charge in [0.1, 0.15) is 0 Å². The van der Waals surface area contributed by atoms with Crippen molar-refractivity contribution < 1.29 is 0 Å². The minimum absolute atomic E-state index is 0.695. The highest BCUT2D eigenvalue weighted by Gasteiger charge is 2.17. The molecular formula is C54H34N2S. The molecule has 0 amide bonds. The van der Waals surface area contributed by atoms with Crippen LogP contribution in [0.25, 0.3) is 109 Å². The van der Waals surface area contributed by atoms with E-state index in [2.05, 4.69) is 200 Å². The van der Waals surface area contributed by atoms with Crippen LogP contribution in [0.4, 0.5) is 0 Å². The van der Waals surface area contributed by atoms with Gasteiger partial charge in [0.15, 0.2) is 5.82 Å². The first kappa shape index (κ1) is 33.2. The van der Waals surface area contributed by atoms with Crippen LogP contribution >= 0.6 is 11.3 Å². The van der Waals surface area contributed by atoms with Crippen LogP contribution in [0.1, 0.15) is 0 Å². The van der Waals surface area contributed by atoms with Crippen LogP contribution in [0, 0.1) is 0 Å². The average molecular weight is 743 g/mol. The normalized spacial score (nSPS) is 11.5. The predicted molar refractivity (Wildman–Crippen MR) is 243 cm³/mol. The molecule has 0 aliphatic heterocycles. The van der Waals surface area contributed by atoms with Gasteiger partial charge in [0.05, 0.1) is 11.4 Å². The molecule has 11 aromatic rings. The number of hydrogen-bond acceptors (Lipinski definition) is 3. The van der Waals surface area contributed by atoms with Crippen molar-refractivity contribution in [1.82, 2.24) is 9.97 Å². The Kier molecular flexibility index (Phi) is 8.04. The summed E-state index contributed by atoms with van der Waals surface area (Å²) < 4.78 is 2.60. The van der Waals surface area contributed by atoms with Gasteiger partial charge >= 0.3 is 0 Å². The van der Waals surface area contributed by atoms with Gasteiger partial charge in [-0.05, 0) is 110 Å². The third-order valence-corrected chi connectivity index (χ3v) is 12.2. The molecule has 3 heteroatoms. The van der Waals surface area contributed by atoms with Crippen molar-refractivity contribution in [2.24, 2.45) is 0 Å². The van der Waals surface area contributed by atoms with Gasteiger partial charge in [0, 0.05) is 36.9 Å². The van der Waals surface area contributed by atoms with Crippen molar-refractivity contribution in [1.29, 1.82) is 0 Å². The summed E-state index contributed by atoms with van der Waals surface area (Å²) in [5.74, 6) is 0.695. The molecule has 11 rings (SSSR count). The van der Waals surface area contributed by atoms with E-state index in [1.165, 1.54) is 47.3 Å². The number of hydrogen-bond donors (Lipinski definition) is 0. The fraction of sp³-hybridized carbons (Fsp3) is 0. The SMILES string of the molecule is c1ccc(-c2nc(-c3cc(-c4ccc5ccccc5c4)cc(-c4ccc5sc6ccccc6c5c4)c3)cc(-c3ccccc3-c3ccc4ccccc4c3)n2)cc1. The maximum absolute atomic E-state index is 5.34. The van der Waals surface area contributed by atoms with Crippen LogP contribution in [0.5, 0.6) is 0 Å². The standard InChI is InChI=1S/C54H34N2S/c1-2-14-37(15-3-1)54-55-50(34-51(56-54)47-19-9-8-18-46(47)42-25-23-36-13-5-7-17-39(36)29-42)45-31-43(40-24-22-35-12-4-6-16-38(35)28-40)30-44(32-45)41-26-27-53-49(33-41)48-20-10-11-21-52(48)57-53/h1-34H. The second kappa shape index (κ2) is 13.8. The van der Waals surface area contributed by atoms with E-state index in [0.717, 1.165) is 55.9 Å². The molecule has 0 fully saturated rings. The van der Waals surface area contributed by atoms with E-state index in [9.17, 15) is 0 Å². The summed E-state index contributed by atoms with van der Waals surface area (Å²) in [6, 6.07) is 74.2. The lowest BCUT2D eigenvalue weighted by Crippen LogP contribution is -1.97. The minimum atomic E-state index is 0.695. The highest BCUT2D eigenvalue weighted by molar-refractivity contribution is 7.25. The Morgan fingerprint density at radius 1 is 0.281 bits per heavy atom. The Balaban J connectivity index is 1.13. The highest BCUT2D eigenvalue weighted by atomic mass is 32.1. The van der Waals surface area contributed by atoms with Crippen LogP contribution in [0.2, 0.25) is 0 Å². The molecule has 9 aromatic carbocycles. The van der Waals surface area contributed by atoms with Crippen molar-refractivity contribution >= 4 is 53.1 Å². The molecule has 57 heavy (non-hydrogen) atoms. The van der Waals surface area contributed by atoms with Crippen LogP contribution in [-0.2, 0) is 0 Å². The molecule has 0 N–H and O–H groups in total. The first-order chi connectivity index (χ1) is 28.2. The Hall–Kier alpha value is -7.20. The second-order valence-corrected chi connectivity index (χ2v) is 15.7. The summed E-state index contributed by atoms with van der Waals surface area (Å²) in [5.41, 5.74) is 11.7. The number of nitrogens with zero attached hydrogens (tertiary/aromatic N) is 2. The van der Waals surface area contributed by atoms with Gasteiger partial charge in [-0.2, -0.15) is 0 Å². The van der Waals surface area contributed by atoms with Crippen molar-refractivity contribution in [2.45, 2.75) is 0 Å². The van der Waals surface area contributed by atoms with Gasteiger partial charge < -0.3 is 0 Å². The predicted octanol–water partition coefficient (Wildman–Crippen LogP) is 15.2. The molecule has 0 aliphatic carbocycles. The van der Waals surface area contributed by atoms with Crippen molar-refractivity contribution in [2.75, 3.05) is 0 Å². The summed E-state index contributed by atoms with van der Waals surface area (Å²) >= 11 is 1.85. The van der Waals surface area contributed by atoms with Crippen molar-refractivity contribution in [3.63, 3.8) is 0 Å². The highest BCUT2D eigenvalue weighted by Crippen LogP contribution is 2.40. The fourth-order valence-corrected chi connectivity index (χ4v) is 9.23. The first-order valence-corrected chi connectivity index (χ1v) is 20.1. The van der Waals surface area contributed by atoms with Crippen LogP contribution in [0.3, 0.4) is 0 Å². The third kappa shape index (κ3) is 6.15. The van der Waals surface area contributed by atoms with Gasteiger partial charge in [-0.3, -0.25) is 0 Å². The number of benzene rings is 9. The smallest absolute Gasteiger partial charge is 0.160 e. The molecular weight excluding hydrogens is 709 g/mol. The zero-order chi connectivity index (χ0) is 37.7. The number of aromatic nitrogens is 2. The summed E-state index contributed by atoms with van der Waals surface area (Å²) in [7, 11) is 0. The van der Waals surface area contributed by atoms with E-state index >= 15 is 0 Å². The van der Waals surface area contributed by atoms with E-state index in [1.54, 1.807) is 0 Å². The van der Waals surface area contributed by atoms with E-state index in [4.69, 9.17) is 9.97 Å². The van der Waals surface area contributed by atoms with Crippen molar-refractivity contribution in [3.8, 4) is 67.3 Å². The maximum atomic E-state index is 5.34. The van der Waals surface area contributed by atoms with Gasteiger partial charge in [-0.25, -0.2) is 9.97 Å². The van der Waals surface area contributed by atoms with E-state index < -0.39 is 0 Å². The Labute approximate surface area is 335 Å². The average Bonchev–Trinajstić information content (AvgIpc) is 3.67. The number of fused-ring (bicyclic) bond motifs is 5. The Morgan fingerprint density at radius 2 is 0.825 bits per heavy atom. The van der Waals surface area contributed by atoms with Crippen LogP contribution in [-0.4, -0.2) is 9.97 Å². The topological polar surface area (TPSA) is 25.8 Å². The summed E-state index contributed by atoms with van der Waals surface area (Å²) in [4.78, 5) is 10.6. The minimum Gasteiger partial charge on any atom is -0.228 e. The molecule has 266 valence electrons. The number of thiophene rings is 1. The lowest BCUT2D eigenvalue weighted by Gasteiger charge is -2.15. The zero-order valence-electron chi connectivity index (χ0n) is 30.9. The Bertz CT molecular complexity index is 3310. The molecule has 0 unspecified atom stereocenters. The fourth-order valence-electron chi connectivity index (χ4n) is 8.15. The quantitative estimate of drug-likeness (QED) is 0.170. The number of rotatable bonds is 6. The monoisotopic (exact) mass is 742 g/mol. The van der Waals surface area contributed by atoms with Crippen molar-refractivity contribution in [3.05, 3.63) is 206 Å². The third-order valence-electron chi connectivity index (χ3n) is 11.0. The van der Waals surface area contributed by atoms with Gasteiger partial charge in [-0.1, -0.05) is 152 Å². The Morgan fingerprint density at radius 3 is 1.60 bits per heavy atom. The molecule has 0 radical (unpaired) electrons. The van der Waals surface area contributed by atoms with Crippen LogP contribution < -0.4 is 0 Å². The molecule has 0 spiro atoms. The van der Waals surface area contributed by atoms with Gasteiger partial charge in [0.25, 0.3) is 0 Å². The molecule has 2 nitrogen and oxygen atoms in total. The largest absolute Gasteiger partial charge is 0.228 e. The molecule has 2 heterocycles. The molecule has 0 saturated carbocycles. The van der Waals surface area contributed by atoms with Crippen LogP contribution in [0.15, 0.2) is 206 Å².